The summed E-state index contributed by atoms with van der Waals surface area (Å²) in [6.45, 7) is 0.975. The summed E-state index contributed by atoms with van der Waals surface area (Å²) in [4.78, 5) is 2.18. The van der Waals surface area contributed by atoms with Crippen LogP contribution in [0, 0.1) is 5.82 Å². The topological polar surface area (TPSA) is 24.8 Å². The molecule has 0 amide bonds. The molecule has 2 heterocycles. The Morgan fingerprint density at radius 2 is 1.71 bits per heavy atom. The highest BCUT2D eigenvalue weighted by molar-refractivity contribution is 7.98. The van der Waals surface area contributed by atoms with Crippen LogP contribution < -0.4 is 4.74 Å². The van der Waals surface area contributed by atoms with Crippen molar-refractivity contribution in [2.45, 2.75) is 0 Å². The molecule has 2 aromatic carbocycles. The molecule has 0 spiro atoms. The number of fused-ring (bicyclic) bond motifs is 1. The molecule has 3 nitrogen and oxygen atoms in total. The summed E-state index contributed by atoms with van der Waals surface area (Å²) < 4.78 is 23.3. The second kappa shape index (κ2) is 6.53. The Morgan fingerprint density at radius 3 is 2.46 bits per heavy atom. The van der Waals surface area contributed by atoms with Gasteiger partial charge < -0.3 is 9.64 Å². The van der Waals surface area contributed by atoms with Gasteiger partial charge in [-0.25, -0.2) is 4.39 Å². The Morgan fingerprint density at radius 1 is 1.00 bits per heavy atom. The van der Waals surface area contributed by atoms with Gasteiger partial charge in [0.2, 0.25) is 0 Å². The van der Waals surface area contributed by atoms with Crippen molar-refractivity contribution in [2.24, 2.45) is 4.40 Å². The fraction of sp³-hybridized carbons (Fsp3) is 0.105. The number of benzene rings is 2. The van der Waals surface area contributed by atoms with Gasteiger partial charge in [0.05, 0.1) is 0 Å². The molecule has 0 saturated carbocycles. The van der Waals surface area contributed by atoms with E-state index in [1.165, 1.54) is 12.1 Å². The normalized spacial score (nSPS) is 16.3. The van der Waals surface area contributed by atoms with Gasteiger partial charge in [-0.05, 0) is 66.1 Å². The molecule has 4 rings (SSSR count). The SMILES string of the molecule is Fc1ccc(Oc2ccc(C3=CC=CN4CCSN=C34)cc2)cc1. The minimum atomic E-state index is -0.273. The van der Waals surface area contributed by atoms with Crippen LogP contribution in [0.3, 0.4) is 0 Å². The first-order chi connectivity index (χ1) is 11.8. The first kappa shape index (κ1) is 15.0. The molecule has 0 saturated heterocycles. The van der Waals surface area contributed by atoms with Crippen molar-refractivity contribution in [3.05, 3.63) is 78.3 Å². The summed E-state index contributed by atoms with van der Waals surface area (Å²) >= 11 is 1.60. The zero-order valence-electron chi connectivity index (χ0n) is 12.9. The first-order valence-corrected chi connectivity index (χ1v) is 8.63. The summed E-state index contributed by atoms with van der Waals surface area (Å²) in [5.74, 6) is 3.06. The van der Waals surface area contributed by atoms with E-state index in [-0.39, 0.29) is 5.82 Å². The van der Waals surface area contributed by atoms with Gasteiger partial charge in [-0.15, -0.1) is 0 Å². The number of allylic oxidation sites excluding steroid dienone is 2. The summed E-state index contributed by atoms with van der Waals surface area (Å²) in [6.07, 6.45) is 6.19. The molecule has 0 atom stereocenters. The van der Waals surface area contributed by atoms with Crippen LogP contribution in [0.4, 0.5) is 4.39 Å². The van der Waals surface area contributed by atoms with E-state index in [1.807, 2.05) is 30.3 Å². The number of halogens is 1. The number of ether oxygens (including phenoxy) is 1. The van der Waals surface area contributed by atoms with Crippen LogP contribution in [0.5, 0.6) is 11.5 Å². The predicted octanol–water partition coefficient (Wildman–Crippen LogP) is 4.89. The maximum absolute atomic E-state index is 12.9. The van der Waals surface area contributed by atoms with E-state index in [0.29, 0.717) is 11.5 Å². The maximum Gasteiger partial charge on any atom is 0.148 e. The van der Waals surface area contributed by atoms with Crippen LogP contribution in [0.2, 0.25) is 0 Å². The van der Waals surface area contributed by atoms with E-state index < -0.39 is 0 Å². The van der Waals surface area contributed by atoms with Crippen molar-refractivity contribution in [2.75, 3.05) is 12.3 Å². The lowest BCUT2D eigenvalue weighted by atomic mass is 10.0. The molecule has 0 radical (unpaired) electrons. The zero-order valence-corrected chi connectivity index (χ0v) is 13.7. The minimum Gasteiger partial charge on any atom is -0.457 e. The van der Waals surface area contributed by atoms with E-state index >= 15 is 0 Å². The van der Waals surface area contributed by atoms with Crippen molar-refractivity contribution in [3.63, 3.8) is 0 Å². The monoisotopic (exact) mass is 338 g/mol. The van der Waals surface area contributed by atoms with Crippen molar-refractivity contribution in [1.29, 1.82) is 0 Å². The highest BCUT2D eigenvalue weighted by atomic mass is 32.2. The molecule has 24 heavy (non-hydrogen) atoms. The van der Waals surface area contributed by atoms with Gasteiger partial charge in [0, 0.05) is 24.1 Å². The summed E-state index contributed by atoms with van der Waals surface area (Å²) in [6, 6.07) is 13.9. The highest BCUT2D eigenvalue weighted by Gasteiger charge is 2.21. The standard InChI is InChI=1S/C19H15FN2OS/c20-15-5-9-17(10-6-15)23-16-7-3-14(4-8-16)18-2-1-11-22-12-13-24-21-19(18)22/h1-11H,12-13H2. The van der Waals surface area contributed by atoms with Gasteiger partial charge in [-0.3, -0.25) is 0 Å². The lowest BCUT2D eigenvalue weighted by Crippen LogP contribution is -2.32. The summed E-state index contributed by atoms with van der Waals surface area (Å²) in [5, 5.41) is 0. The molecule has 0 N–H and O–H groups in total. The van der Waals surface area contributed by atoms with E-state index in [1.54, 1.807) is 24.1 Å². The molecule has 0 aromatic heterocycles. The Labute approximate surface area is 144 Å². The lowest BCUT2D eigenvalue weighted by molar-refractivity contribution is 0.480. The molecule has 0 fully saturated rings. The van der Waals surface area contributed by atoms with Gasteiger partial charge in [0.1, 0.15) is 23.2 Å². The number of hydrogen-bond donors (Lipinski definition) is 0. The van der Waals surface area contributed by atoms with E-state index in [0.717, 1.165) is 29.3 Å². The van der Waals surface area contributed by atoms with Crippen LogP contribution in [-0.4, -0.2) is 23.0 Å². The fourth-order valence-electron chi connectivity index (χ4n) is 2.64. The van der Waals surface area contributed by atoms with Gasteiger partial charge in [-0.2, -0.15) is 4.40 Å². The van der Waals surface area contributed by atoms with E-state index in [4.69, 9.17) is 4.74 Å². The van der Waals surface area contributed by atoms with E-state index in [9.17, 15) is 4.39 Å². The number of rotatable bonds is 3. The Kier molecular flexibility index (Phi) is 4.09. The zero-order chi connectivity index (χ0) is 16.4. The molecular weight excluding hydrogens is 323 g/mol. The number of nitrogens with zero attached hydrogens (tertiary/aromatic N) is 2. The Hall–Kier alpha value is -2.53. The summed E-state index contributed by atoms with van der Waals surface area (Å²) in [7, 11) is 0. The van der Waals surface area contributed by atoms with Crippen LogP contribution in [0.15, 0.2) is 71.3 Å². The summed E-state index contributed by atoms with van der Waals surface area (Å²) in [5.41, 5.74) is 2.20. The first-order valence-electron chi connectivity index (χ1n) is 7.69. The van der Waals surface area contributed by atoms with Crippen LogP contribution in [0.25, 0.3) is 5.57 Å². The maximum atomic E-state index is 12.9. The number of amidine groups is 1. The van der Waals surface area contributed by atoms with Gasteiger partial charge >= 0.3 is 0 Å². The fourth-order valence-corrected chi connectivity index (χ4v) is 3.33. The molecule has 5 heteroatoms. The number of hydrogen-bond acceptors (Lipinski definition) is 4. The van der Waals surface area contributed by atoms with Crippen LogP contribution >= 0.6 is 11.9 Å². The second-order valence-corrected chi connectivity index (χ2v) is 6.29. The van der Waals surface area contributed by atoms with Crippen molar-refractivity contribution < 1.29 is 9.13 Å². The van der Waals surface area contributed by atoms with Crippen LogP contribution in [0.1, 0.15) is 5.56 Å². The minimum absolute atomic E-state index is 0.273. The van der Waals surface area contributed by atoms with E-state index in [2.05, 4.69) is 21.6 Å². The lowest BCUT2D eigenvalue weighted by Gasteiger charge is -2.29. The average Bonchev–Trinajstić information content (AvgIpc) is 2.64. The molecular formula is C19H15FN2OS. The second-order valence-electron chi connectivity index (χ2n) is 5.44. The molecule has 0 aliphatic carbocycles. The molecule has 120 valence electrons. The molecule has 0 unspecified atom stereocenters. The largest absolute Gasteiger partial charge is 0.457 e. The third-order valence-electron chi connectivity index (χ3n) is 3.83. The average molecular weight is 338 g/mol. The Bertz CT molecular complexity index is 825. The highest BCUT2D eigenvalue weighted by Crippen LogP contribution is 2.29. The molecule has 2 aromatic rings. The molecule has 2 aliphatic rings. The van der Waals surface area contributed by atoms with Crippen molar-refractivity contribution in [1.82, 2.24) is 4.90 Å². The van der Waals surface area contributed by atoms with Gasteiger partial charge in [-0.1, -0.05) is 12.1 Å². The third-order valence-corrected chi connectivity index (χ3v) is 4.50. The third kappa shape index (κ3) is 3.08. The van der Waals surface area contributed by atoms with Gasteiger partial charge in [0.15, 0.2) is 0 Å². The van der Waals surface area contributed by atoms with Crippen molar-refractivity contribution >= 4 is 23.4 Å². The predicted molar refractivity (Wildman–Crippen MR) is 96.6 cm³/mol. The molecule has 2 aliphatic heterocycles. The van der Waals surface area contributed by atoms with Crippen LogP contribution in [-0.2, 0) is 0 Å². The quantitative estimate of drug-likeness (QED) is 0.745. The van der Waals surface area contributed by atoms with Crippen molar-refractivity contribution in [3.8, 4) is 11.5 Å². The van der Waals surface area contributed by atoms with Gasteiger partial charge in [0.25, 0.3) is 0 Å². The Balaban J connectivity index is 1.55. The smallest absolute Gasteiger partial charge is 0.148 e. The molecule has 0 bridgehead atoms.